The van der Waals surface area contributed by atoms with Crippen molar-refractivity contribution in [1.29, 1.82) is 0 Å². The molecule has 0 bridgehead atoms. The molecule has 1 N–H and O–H groups in total. The number of nitrogens with zero attached hydrogens (tertiary/aromatic N) is 3. The fourth-order valence-corrected chi connectivity index (χ4v) is 3.81. The summed E-state index contributed by atoms with van der Waals surface area (Å²) in [5, 5.41) is 3.00. The summed E-state index contributed by atoms with van der Waals surface area (Å²) in [6.07, 6.45) is 5.55. The third kappa shape index (κ3) is 4.14. The van der Waals surface area contributed by atoms with Gasteiger partial charge in [0.25, 0.3) is 0 Å². The minimum Gasteiger partial charge on any atom is -0.378 e. The van der Waals surface area contributed by atoms with Crippen LogP contribution in [0.4, 0.5) is 11.5 Å². The number of aromatic nitrogens is 1. The molecule has 29 heavy (non-hydrogen) atoms. The van der Waals surface area contributed by atoms with E-state index in [0.717, 1.165) is 30.0 Å². The van der Waals surface area contributed by atoms with E-state index in [1.165, 1.54) is 6.92 Å². The molecule has 1 saturated heterocycles. The summed E-state index contributed by atoms with van der Waals surface area (Å²) < 4.78 is 5.41. The summed E-state index contributed by atoms with van der Waals surface area (Å²) in [7, 11) is 0. The monoisotopic (exact) mass is 392 g/mol. The molecule has 1 fully saturated rings. The van der Waals surface area contributed by atoms with E-state index < -0.39 is 0 Å². The van der Waals surface area contributed by atoms with Gasteiger partial charge in [0.15, 0.2) is 5.82 Å². The zero-order valence-corrected chi connectivity index (χ0v) is 16.4. The second kappa shape index (κ2) is 8.45. The first kappa shape index (κ1) is 19.1. The topological polar surface area (TPSA) is 74.8 Å². The van der Waals surface area contributed by atoms with Crippen LogP contribution in [0.2, 0.25) is 0 Å². The average Bonchev–Trinajstić information content (AvgIpc) is 2.75. The zero-order chi connectivity index (χ0) is 20.2. The van der Waals surface area contributed by atoms with Crippen molar-refractivity contribution in [1.82, 2.24) is 9.88 Å². The summed E-state index contributed by atoms with van der Waals surface area (Å²) in [5.74, 6) is 0.495. The highest BCUT2D eigenvalue weighted by atomic mass is 16.5. The van der Waals surface area contributed by atoms with Gasteiger partial charge in [-0.2, -0.15) is 0 Å². The number of hydrogen-bond acceptors (Lipinski definition) is 5. The van der Waals surface area contributed by atoms with Crippen molar-refractivity contribution in [2.45, 2.75) is 19.4 Å². The molecule has 0 radical (unpaired) electrons. The van der Waals surface area contributed by atoms with E-state index in [4.69, 9.17) is 4.74 Å². The first-order valence-corrected chi connectivity index (χ1v) is 9.77. The summed E-state index contributed by atoms with van der Waals surface area (Å²) in [4.78, 5) is 33.3. The molecule has 2 aliphatic rings. The van der Waals surface area contributed by atoms with Crippen molar-refractivity contribution < 1.29 is 14.3 Å². The molecular weight excluding hydrogens is 368 g/mol. The second-order valence-corrected chi connectivity index (χ2v) is 7.11. The van der Waals surface area contributed by atoms with Gasteiger partial charge in [-0.1, -0.05) is 24.3 Å². The molecule has 1 aromatic heterocycles. The molecule has 7 nitrogen and oxygen atoms in total. The first-order valence-electron chi connectivity index (χ1n) is 9.77. The number of benzene rings is 1. The number of hydrogen-bond donors (Lipinski definition) is 1. The van der Waals surface area contributed by atoms with Gasteiger partial charge in [0, 0.05) is 32.4 Å². The Labute approximate surface area is 170 Å². The Hall–Kier alpha value is -3.19. The van der Waals surface area contributed by atoms with E-state index in [0.29, 0.717) is 18.9 Å². The molecule has 0 spiro atoms. The van der Waals surface area contributed by atoms with E-state index in [2.05, 4.69) is 15.2 Å². The number of nitrogens with one attached hydrogen (secondary N) is 1. The number of morpholine rings is 1. The molecule has 1 atom stereocenters. The number of carbonyl (C=O) groups excluding carboxylic acids is 2. The number of fused-ring (bicyclic) bond motifs is 1. The van der Waals surface area contributed by atoms with Gasteiger partial charge in [-0.15, -0.1) is 0 Å². The van der Waals surface area contributed by atoms with Crippen molar-refractivity contribution in [3.63, 3.8) is 0 Å². The molecule has 2 amide bonds. The third-order valence-corrected chi connectivity index (χ3v) is 5.22. The maximum absolute atomic E-state index is 12.9. The van der Waals surface area contributed by atoms with Crippen LogP contribution in [0.15, 0.2) is 48.8 Å². The fraction of sp³-hybridized carbons (Fsp3) is 0.318. The van der Waals surface area contributed by atoms with Gasteiger partial charge >= 0.3 is 0 Å². The Bertz CT molecular complexity index is 937. The smallest absolute Gasteiger partial charge is 0.226 e. The van der Waals surface area contributed by atoms with Crippen LogP contribution in [0.3, 0.4) is 0 Å². The van der Waals surface area contributed by atoms with Crippen LogP contribution >= 0.6 is 0 Å². The number of anilines is 2. The SMILES string of the molecule is CC(=O)N1C=Cc2ccccc2C1CC(=O)Nc1cccnc1N1CCOCC1. The second-order valence-electron chi connectivity index (χ2n) is 7.11. The largest absolute Gasteiger partial charge is 0.378 e. The number of ether oxygens (including phenoxy) is 1. The van der Waals surface area contributed by atoms with E-state index >= 15 is 0 Å². The predicted molar refractivity (Wildman–Crippen MR) is 111 cm³/mol. The maximum Gasteiger partial charge on any atom is 0.226 e. The van der Waals surface area contributed by atoms with Gasteiger partial charge in [-0.3, -0.25) is 9.59 Å². The summed E-state index contributed by atoms with van der Waals surface area (Å²) >= 11 is 0. The van der Waals surface area contributed by atoms with E-state index in [9.17, 15) is 9.59 Å². The Morgan fingerprint density at radius 2 is 1.97 bits per heavy atom. The lowest BCUT2D eigenvalue weighted by Crippen LogP contribution is -2.37. The van der Waals surface area contributed by atoms with Crippen molar-refractivity contribution in [3.8, 4) is 0 Å². The molecule has 2 aromatic rings. The molecule has 7 heteroatoms. The number of rotatable bonds is 4. The summed E-state index contributed by atoms with van der Waals surface area (Å²) in [6.45, 7) is 4.27. The van der Waals surface area contributed by atoms with Gasteiger partial charge in [-0.25, -0.2) is 4.98 Å². The fourth-order valence-electron chi connectivity index (χ4n) is 3.81. The molecule has 2 aliphatic heterocycles. The van der Waals surface area contributed by atoms with E-state index in [1.807, 2.05) is 36.4 Å². The quantitative estimate of drug-likeness (QED) is 0.866. The molecule has 0 aliphatic carbocycles. The van der Waals surface area contributed by atoms with Gasteiger partial charge in [0.1, 0.15) is 0 Å². The Kier molecular flexibility index (Phi) is 5.57. The summed E-state index contributed by atoms with van der Waals surface area (Å²) in [5.41, 5.74) is 2.67. The van der Waals surface area contributed by atoms with Crippen LogP contribution in [-0.4, -0.2) is 48.0 Å². The molecular formula is C22H24N4O3. The van der Waals surface area contributed by atoms with Gasteiger partial charge < -0.3 is 19.9 Å². The van der Waals surface area contributed by atoms with Crippen LogP contribution < -0.4 is 10.2 Å². The van der Waals surface area contributed by atoms with E-state index in [-0.39, 0.29) is 24.3 Å². The van der Waals surface area contributed by atoms with Gasteiger partial charge in [0.05, 0.1) is 31.4 Å². The standard InChI is InChI=1S/C22H24N4O3/c1-16(27)26-10-8-17-5-2-3-6-18(17)20(26)15-21(28)24-19-7-4-9-23-22(19)25-11-13-29-14-12-25/h2-10,20H,11-15H2,1H3,(H,24,28). The highest BCUT2D eigenvalue weighted by molar-refractivity contribution is 5.94. The first-order chi connectivity index (χ1) is 14.1. The summed E-state index contributed by atoms with van der Waals surface area (Å²) in [6, 6.07) is 11.2. The molecule has 1 aromatic carbocycles. The Morgan fingerprint density at radius 1 is 1.17 bits per heavy atom. The molecule has 1 unspecified atom stereocenters. The normalized spacial score (nSPS) is 18.3. The van der Waals surface area contributed by atoms with Crippen LogP contribution in [0, 0.1) is 0 Å². The number of amides is 2. The zero-order valence-electron chi connectivity index (χ0n) is 16.4. The number of carbonyl (C=O) groups is 2. The van der Waals surface area contributed by atoms with Gasteiger partial charge in [0.2, 0.25) is 11.8 Å². The minimum absolute atomic E-state index is 0.0936. The lowest BCUT2D eigenvalue weighted by atomic mass is 9.93. The molecule has 4 rings (SSSR count). The van der Waals surface area contributed by atoms with Crippen molar-refractivity contribution in [2.75, 3.05) is 36.5 Å². The average molecular weight is 392 g/mol. The number of pyridine rings is 1. The molecule has 0 saturated carbocycles. The van der Waals surface area contributed by atoms with Crippen molar-refractivity contribution in [2.24, 2.45) is 0 Å². The Morgan fingerprint density at radius 3 is 2.76 bits per heavy atom. The predicted octanol–water partition coefficient (Wildman–Crippen LogP) is 2.82. The lowest BCUT2D eigenvalue weighted by Gasteiger charge is -2.32. The van der Waals surface area contributed by atoms with Crippen LogP contribution in [-0.2, 0) is 14.3 Å². The van der Waals surface area contributed by atoms with Crippen LogP contribution in [0.25, 0.3) is 6.08 Å². The van der Waals surface area contributed by atoms with E-state index in [1.54, 1.807) is 23.4 Å². The van der Waals surface area contributed by atoms with Crippen LogP contribution in [0.5, 0.6) is 0 Å². The maximum atomic E-state index is 12.9. The lowest BCUT2D eigenvalue weighted by molar-refractivity contribution is -0.129. The molecule has 150 valence electrons. The highest BCUT2D eigenvalue weighted by Crippen LogP contribution is 2.33. The Balaban J connectivity index is 1.54. The van der Waals surface area contributed by atoms with Crippen LogP contribution in [0.1, 0.15) is 30.5 Å². The third-order valence-electron chi connectivity index (χ3n) is 5.22. The molecule has 3 heterocycles. The highest BCUT2D eigenvalue weighted by Gasteiger charge is 2.28. The van der Waals surface area contributed by atoms with Crippen molar-refractivity contribution >= 4 is 29.4 Å². The van der Waals surface area contributed by atoms with Gasteiger partial charge in [-0.05, 0) is 29.3 Å². The van der Waals surface area contributed by atoms with Crippen molar-refractivity contribution in [3.05, 3.63) is 59.9 Å². The minimum atomic E-state index is -0.336.